The van der Waals surface area contributed by atoms with Crippen molar-refractivity contribution >= 4 is 17.7 Å². The van der Waals surface area contributed by atoms with Crippen molar-refractivity contribution in [2.75, 3.05) is 19.6 Å². The first-order valence-electron chi connectivity index (χ1n) is 10.1. The van der Waals surface area contributed by atoms with Crippen molar-refractivity contribution in [3.05, 3.63) is 35.9 Å². The summed E-state index contributed by atoms with van der Waals surface area (Å²) in [6.45, 7) is 4.01. The van der Waals surface area contributed by atoms with E-state index in [9.17, 15) is 14.4 Å². The predicted molar refractivity (Wildman–Crippen MR) is 112 cm³/mol. The minimum absolute atomic E-state index is 0.0442. The highest BCUT2D eigenvalue weighted by molar-refractivity contribution is 5.88. The first-order chi connectivity index (χ1) is 13.9. The maximum Gasteiger partial charge on any atom is 0.239 e. The van der Waals surface area contributed by atoms with Crippen LogP contribution in [0.5, 0.6) is 0 Å². The Kier molecular flexibility index (Phi) is 12.3. The van der Waals surface area contributed by atoms with Crippen molar-refractivity contribution in [1.29, 1.82) is 0 Å². The number of aliphatic hydroxyl groups excluding tert-OH is 1. The molecule has 0 fully saturated rings. The van der Waals surface area contributed by atoms with Crippen LogP contribution in [0.4, 0.5) is 0 Å². The maximum atomic E-state index is 11.9. The van der Waals surface area contributed by atoms with Gasteiger partial charge in [0.15, 0.2) is 0 Å². The van der Waals surface area contributed by atoms with Crippen molar-refractivity contribution in [3.8, 4) is 0 Å². The summed E-state index contributed by atoms with van der Waals surface area (Å²) in [5.74, 6) is -0.853. The van der Waals surface area contributed by atoms with Crippen molar-refractivity contribution in [2.45, 2.75) is 58.2 Å². The van der Waals surface area contributed by atoms with Crippen LogP contribution < -0.4 is 21.3 Å². The van der Waals surface area contributed by atoms with Gasteiger partial charge in [-0.15, -0.1) is 0 Å². The number of unbranched alkanes of at least 4 members (excludes halogenated alkanes) is 2. The van der Waals surface area contributed by atoms with Gasteiger partial charge in [0.2, 0.25) is 17.7 Å². The number of benzene rings is 1. The average molecular weight is 407 g/mol. The molecule has 0 heterocycles. The van der Waals surface area contributed by atoms with Crippen LogP contribution in [0.3, 0.4) is 0 Å². The summed E-state index contributed by atoms with van der Waals surface area (Å²) in [7, 11) is 0. The normalized spacial score (nSPS) is 12.7. The van der Waals surface area contributed by atoms with Crippen LogP contribution in [0.25, 0.3) is 0 Å². The second kappa shape index (κ2) is 14.5. The molecule has 2 unspecified atom stereocenters. The average Bonchev–Trinajstić information content (AvgIpc) is 2.67. The molecule has 0 aromatic heterocycles. The molecule has 0 saturated carbocycles. The van der Waals surface area contributed by atoms with Gasteiger partial charge in [-0.3, -0.25) is 19.7 Å². The summed E-state index contributed by atoms with van der Waals surface area (Å²) in [6, 6.07) is 9.80. The first-order valence-corrected chi connectivity index (χ1v) is 10.1. The fourth-order valence-electron chi connectivity index (χ4n) is 2.75. The Bertz CT molecular complexity index is 622. The van der Waals surface area contributed by atoms with E-state index in [0.717, 1.165) is 24.8 Å². The molecule has 0 aliphatic carbocycles. The summed E-state index contributed by atoms with van der Waals surface area (Å²) in [6.07, 6.45) is 2.99. The van der Waals surface area contributed by atoms with Gasteiger partial charge in [-0.1, -0.05) is 36.8 Å². The molecule has 162 valence electrons. The van der Waals surface area contributed by atoms with E-state index in [0.29, 0.717) is 19.4 Å². The number of nitrogens with one attached hydrogen (secondary N) is 4. The van der Waals surface area contributed by atoms with E-state index in [1.807, 2.05) is 37.3 Å². The lowest BCUT2D eigenvalue weighted by Crippen LogP contribution is -2.44. The van der Waals surface area contributed by atoms with Gasteiger partial charge in [0.05, 0.1) is 13.1 Å². The molecule has 1 aromatic rings. The van der Waals surface area contributed by atoms with Crippen LogP contribution in [0.15, 0.2) is 30.3 Å². The SMILES string of the molecule is CC(O)NCCCCCC(=O)NCC(=O)NCC(=O)NC(C)Cc1ccccc1. The molecule has 0 bridgehead atoms. The number of carbonyl (C=O) groups excluding carboxylic acids is 3. The molecular formula is C21H34N4O4. The zero-order valence-electron chi connectivity index (χ0n) is 17.4. The Morgan fingerprint density at radius 1 is 0.897 bits per heavy atom. The predicted octanol–water partition coefficient (Wildman–Crippen LogP) is 0.455. The largest absolute Gasteiger partial charge is 0.379 e. The molecule has 0 saturated heterocycles. The maximum absolute atomic E-state index is 11.9. The molecule has 0 radical (unpaired) electrons. The van der Waals surface area contributed by atoms with E-state index in [-0.39, 0.29) is 30.9 Å². The van der Waals surface area contributed by atoms with E-state index in [1.54, 1.807) is 6.92 Å². The van der Waals surface area contributed by atoms with Crippen LogP contribution in [0, 0.1) is 0 Å². The second-order valence-corrected chi connectivity index (χ2v) is 7.15. The van der Waals surface area contributed by atoms with Crippen LogP contribution in [0.1, 0.15) is 45.1 Å². The molecule has 8 heteroatoms. The van der Waals surface area contributed by atoms with E-state index in [2.05, 4.69) is 21.3 Å². The van der Waals surface area contributed by atoms with E-state index in [1.165, 1.54) is 0 Å². The molecule has 1 aromatic carbocycles. The highest BCUT2D eigenvalue weighted by Gasteiger charge is 2.10. The topological polar surface area (TPSA) is 120 Å². The summed E-state index contributed by atoms with van der Waals surface area (Å²) in [5, 5.41) is 19.8. The zero-order chi connectivity index (χ0) is 21.5. The number of aliphatic hydroxyl groups is 1. The Morgan fingerprint density at radius 3 is 2.24 bits per heavy atom. The highest BCUT2D eigenvalue weighted by atomic mass is 16.3. The molecular weight excluding hydrogens is 372 g/mol. The van der Waals surface area contributed by atoms with Crippen LogP contribution in [-0.4, -0.2) is 54.7 Å². The molecule has 0 aliphatic rings. The lowest BCUT2D eigenvalue weighted by atomic mass is 10.1. The summed E-state index contributed by atoms with van der Waals surface area (Å²) in [4.78, 5) is 35.4. The molecule has 0 spiro atoms. The Morgan fingerprint density at radius 2 is 1.55 bits per heavy atom. The van der Waals surface area contributed by atoms with Gasteiger partial charge in [-0.05, 0) is 45.2 Å². The Balaban J connectivity index is 2.07. The fraction of sp³-hybridized carbons (Fsp3) is 0.571. The lowest BCUT2D eigenvalue weighted by molar-refractivity contribution is -0.127. The van der Waals surface area contributed by atoms with Crippen molar-refractivity contribution in [1.82, 2.24) is 21.3 Å². The van der Waals surface area contributed by atoms with Gasteiger partial charge in [0.25, 0.3) is 0 Å². The van der Waals surface area contributed by atoms with E-state index < -0.39 is 12.1 Å². The van der Waals surface area contributed by atoms with Gasteiger partial charge in [0.1, 0.15) is 6.23 Å². The zero-order valence-corrected chi connectivity index (χ0v) is 17.4. The number of amides is 3. The second-order valence-electron chi connectivity index (χ2n) is 7.15. The number of rotatable bonds is 14. The van der Waals surface area contributed by atoms with Gasteiger partial charge in [0, 0.05) is 12.5 Å². The third-order valence-corrected chi connectivity index (χ3v) is 4.20. The lowest BCUT2D eigenvalue weighted by Gasteiger charge is -2.14. The Labute approximate surface area is 172 Å². The van der Waals surface area contributed by atoms with Crippen molar-refractivity contribution in [3.63, 3.8) is 0 Å². The smallest absolute Gasteiger partial charge is 0.239 e. The number of hydrogen-bond acceptors (Lipinski definition) is 5. The van der Waals surface area contributed by atoms with Crippen molar-refractivity contribution in [2.24, 2.45) is 0 Å². The minimum atomic E-state index is -0.522. The third kappa shape index (κ3) is 13.4. The minimum Gasteiger partial charge on any atom is -0.379 e. The monoisotopic (exact) mass is 406 g/mol. The number of carbonyl (C=O) groups is 3. The molecule has 0 aliphatic heterocycles. The molecule has 3 amide bonds. The third-order valence-electron chi connectivity index (χ3n) is 4.20. The first kappa shape index (κ1) is 24.6. The van der Waals surface area contributed by atoms with Gasteiger partial charge in [-0.2, -0.15) is 0 Å². The molecule has 5 N–H and O–H groups in total. The van der Waals surface area contributed by atoms with E-state index in [4.69, 9.17) is 5.11 Å². The van der Waals surface area contributed by atoms with Crippen molar-refractivity contribution < 1.29 is 19.5 Å². The van der Waals surface area contributed by atoms with Gasteiger partial charge in [-0.25, -0.2) is 0 Å². The molecule has 29 heavy (non-hydrogen) atoms. The molecule has 8 nitrogen and oxygen atoms in total. The highest BCUT2D eigenvalue weighted by Crippen LogP contribution is 2.02. The van der Waals surface area contributed by atoms with E-state index >= 15 is 0 Å². The van der Waals surface area contributed by atoms with Crippen LogP contribution >= 0.6 is 0 Å². The van der Waals surface area contributed by atoms with Gasteiger partial charge >= 0.3 is 0 Å². The summed E-state index contributed by atoms with van der Waals surface area (Å²) >= 11 is 0. The molecule has 2 atom stereocenters. The van der Waals surface area contributed by atoms with Crippen LogP contribution in [0.2, 0.25) is 0 Å². The summed E-state index contributed by atoms with van der Waals surface area (Å²) in [5.41, 5.74) is 1.13. The van der Waals surface area contributed by atoms with Gasteiger partial charge < -0.3 is 21.1 Å². The van der Waals surface area contributed by atoms with Crippen LogP contribution in [-0.2, 0) is 20.8 Å². The standard InChI is InChI=1S/C21H34N4O4/c1-16(13-18-9-5-3-6-10-18)25-21(29)15-24-20(28)14-23-19(27)11-7-4-8-12-22-17(2)26/h3,5-6,9-10,16-17,22,26H,4,7-8,11-15H2,1-2H3,(H,23,27)(H,24,28)(H,25,29). The Hall–Kier alpha value is -2.45. The summed E-state index contributed by atoms with van der Waals surface area (Å²) < 4.78 is 0. The molecule has 1 rings (SSSR count). The fourth-order valence-corrected chi connectivity index (χ4v) is 2.75. The number of hydrogen-bond donors (Lipinski definition) is 5. The quantitative estimate of drug-likeness (QED) is 0.227.